The molecule has 2 fully saturated rings. The Labute approximate surface area is 82.9 Å². The molecule has 0 bridgehead atoms. The third-order valence-electron chi connectivity index (χ3n) is 3.32. The highest BCUT2D eigenvalue weighted by atomic mass is 19.1. The molecule has 4 heteroatoms. The lowest BCUT2D eigenvalue weighted by Gasteiger charge is -2.19. The van der Waals surface area contributed by atoms with Crippen LogP contribution in [0.15, 0.2) is 0 Å². The minimum Gasteiger partial charge on any atom is -0.479 e. The van der Waals surface area contributed by atoms with E-state index in [1.165, 1.54) is 12.8 Å². The molecule has 3 unspecified atom stereocenters. The zero-order valence-electron chi connectivity index (χ0n) is 8.32. The van der Waals surface area contributed by atoms with E-state index >= 15 is 0 Å². The number of rotatable bonds is 3. The van der Waals surface area contributed by atoms with Gasteiger partial charge in [0, 0.05) is 24.5 Å². The summed E-state index contributed by atoms with van der Waals surface area (Å²) in [6.45, 7) is 2.69. The second kappa shape index (κ2) is 3.50. The van der Waals surface area contributed by atoms with Crippen LogP contribution >= 0.6 is 0 Å². The third-order valence-corrected chi connectivity index (χ3v) is 3.32. The highest BCUT2D eigenvalue weighted by Crippen LogP contribution is 2.36. The summed E-state index contributed by atoms with van der Waals surface area (Å²) in [7, 11) is 0. The van der Waals surface area contributed by atoms with E-state index in [1.807, 2.05) is 0 Å². The molecule has 1 aliphatic carbocycles. The van der Waals surface area contributed by atoms with Crippen LogP contribution in [0.5, 0.6) is 0 Å². The van der Waals surface area contributed by atoms with Crippen molar-refractivity contribution >= 4 is 5.97 Å². The molecule has 0 amide bonds. The summed E-state index contributed by atoms with van der Waals surface area (Å²) in [4.78, 5) is 12.8. The molecule has 0 aromatic heterocycles. The largest absolute Gasteiger partial charge is 0.479 e. The monoisotopic (exact) mass is 201 g/mol. The molecule has 0 radical (unpaired) electrons. The topological polar surface area (TPSA) is 40.5 Å². The van der Waals surface area contributed by atoms with Crippen LogP contribution in [0.2, 0.25) is 0 Å². The number of nitrogens with zero attached hydrogens (tertiary/aromatic N) is 1. The Bertz CT molecular complexity index is 242. The maximum Gasteiger partial charge on any atom is 0.338 e. The van der Waals surface area contributed by atoms with Crippen LogP contribution in [0.1, 0.15) is 26.2 Å². The molecule has 0 aromatic carbocycles. The average molecular weight is 201 g/mol. The molecule has 14 heavy (non-hydrogen) atoms. The van der Waals surface area contributed by atoms with E-state index in [2.05, 4.69) is 11.8 Å². The first-order valence-corrected chi connectivity index (χ1v) is 5.22. The highest BCUT2D eigenvalue weighted by molar-refractivity contribution is 5.72. The van der Waals surface area contributed by atoms with Crippen LogP contribution in [0.4, 0.5) is 4.39 Å². The van der Waals surface area contributed by atoms with Gasteiger partial charge in [-0.15, -0.1) is 0 Å². The van der Waals surface area contributed by atoms with Gasteiger partial charge in [-0.1, -0.05) is 0 Å². The zero-order valence-corrected chi connectivity index (χ0v) is 8.32. The summed E-state index contributed by atoms with van der Waals surface area (Å²) in [6, 6.07) is 0.959. The molecule has 3 nitrogen and oxygen atoms in total. The van der Waals surface area contributed by atoms with Gasteiger partial charge in [-0.05, 0) is 26.2 Å². The maximum atomic E-state index is 13.2. The van der Waals surface area contributed by atoms with Crippen molar-refractivity contribution in [2.24, 2.45) is 5.92 Å². The number of halogens is 1. The molecular formula is C10H16FNO2. The van der Waals surface area contributed by atoms with Crippen LogP contribution < -0.4 is 0 Å². The van der Waals surface area contributed by atoms with Crippen molar-refractivity contribution < 1.29 is 14.3 Å². The first-order valence-electron chi connectivity index (χ1n) is 5.22. The predicted molar refractivity (Wildman–Crippen MR) is 49.8 cm³/mol. The second-order valence-electron chi connectivity index (χ2n) is 4.51. The highest BCUT2D eigenvalue weighted by Gasteiger charge is 2.43. The summed E-state index contributed by atoms with van der Waals surface area (Å²) < 4.78 is 13.2. The Morgan fingerprint density at radius 1 is 1.57 bits per heavy atom. The molecule has 2 rings (SSSR count). The molecule has 3 atom stereocenters. The van der Waals surface area contributed by atoms with E-state index in [9.17, 15) is 9.18 Å². The van der Waals surface area contributed by atoms with E-state index < -0.39 is 12.1 Å². The summed E-state index contributed by atoms with van der Waals surface area (Å²) in [6.07, 6.45) is 1.40. The number of alkyl halides is 1. The minimum atomic E-state index is -1.68. The first kappa shape index (κ1) is 9.90. The fourth-order valence-corrected chi connectivity index (χ4v) is 2.43. The van der Waals surface area contributed by atoms with E-state index in [0.717, 1.165) is 0 Å². The SMILES string of the molecule is CC1CC(C(F)C(=O)O)CN1C1CC1. The number of carbonyl (C=O) groups is 1. The Morgan fingerprint density at radius 2 is 2.21 bits per heavy atom. The first-order chi connectivity index (χ1) is 6.59. The summed E-state index contributed by atoms with van der Waals surface area (Å²) >= 11 is 0. The van der Waals surface area contributed by atoms with Gasteiger partial charge in [0.05, 0.1) is 0 Å². The van der Waals surface area contributed by atoms with Crippen molar-refractivity contribution in [3.63, 3.8) is 0 Å². The van der Waals surface area contributed by atoms with Crippen LogP contribution in [-0.4, -0.2) is 40.8 Å². The molecule has 1 N–H and O–H groups in total. The number of aliphatic carboxylic acids is 1. The molecule has 1 saturated heterocycles. The number of hydrogen-bond donors (Lipinski definition) is 1. The molecule has 80 valence electrons. The Hall–Kier alpha value is -0.640. The minimum absolute atomic E-state index is 0.303. The van der Waals surface area contributed by atoms with Gasteiger partial charge in [0.25, 0.3) is 0 Å². The quantitative estimate of drug-likeness (QED) is 0.747. The van der Waals surface area contributed by atoms with Crippen molar-refractivity contribution in [1.82, 2.24) is 4.90 Å². The van der Waals surface area contributed by atoms with Gasteiger partial charge in [0.1, 0.15) is 0 Å². The van der Waals surface area contributed by atoms with E-state index in [-0.39, 0.29) is 5.92 Å². The molecule has 0 aromatic rings. The molecular weight excluding hydrogens is 185 g/mol. The number of likely N-dealkylation sites (tertiary alicyclic amines) is 1. The molecule has 1 aliphatic heterocycles. The van der Waals surface area contributed by atoms with E-state index in [1.54, 1.807) is 0 Å². The molecule has 2 aliphatic rings. The van der Waals surface area contributed by atoms with Crippen LogP contribution in [0, 0.1) is 5.92 Å². The van der Waals surface area contributed by atoms with Gasteiger partial charge in [-0.3, -0.25) is 4.90 Å². The molecule has 1 heterocycles. The third kappa shape index (κ3) is 1.75. The second-order valence-corrected chi connectivity index (χ2v) is 4.51. The number of carboxylic acid groups (broad SMARTS) is 1. The zero-order chi connectivity index (χ0) is 10.3. The lowest BCUT2D eigenvalue weighted by Crippen LogP contribution is -2.31. The van der Waals surface area contributed by atoms with Crippen LogP contribution in [0.25, 0.3) is 0 Å². The van der Waals surface area contributed by atoms with Crippen LogP contribution in [-0.2, 0) is 4.79 Å². The summed E-state index contributed by atoms with van der Waals surface area (Å²) in [5.74, 6) is -1.61. The predicted octanol–water partition coefficient (Wildman–Crippen LogP) is 1.28. The van der Waals surface area contributed by atoms with Gasteiger partial charge in [-0.2, -0.15) is 0 Å². The fraction of sp³-hybridized carbons (Fsp3) is 0.900. The fourth-order valence-electron chi connectivity index (χ4n) is 2.43. The Morgan fingerprint density at radius 3 is 2.71 bits per heavy atom. The van der Waals surface area contributed by atoms with Crippen LogP contribution in [0.3, 0.4) is 0 Å². The lowest BCUT2D eigenvalue weighted by atomic mass is 10.0. The van der Waals surface area contributed by atoms with Crippen molar-refractivity contribution in [2.75, 3.05) is 6.54 Å². The number of hydrogen-bond acceptors (Lipinski definition) is 2. The van der Waals surface area contributed by atoms with E-state index in [0.29, 0.717) is 25.0 Å². The van der Waals surface area contributed by atoms with Gasteiger partial charge in [0.15, 0.2) is 0 Å². The Kier molecular flexibility index (Phi) is 2.47. The normalized spacial score (nSPS) is 35.9. The van der Waals surface area contributed by atoms with Gasteiger partial charge in [-0.25, -0.2) is 9.18 Å². The summed E-state index contributed by atoms with van der Waals surface area (Å²) in [5, 5.41) is 8.58. The Balaban J connectivity index is 1.94. The smallest absolute Gasteiger partial charge is 0.338 e. The molecule has 0 spiro atoms. The summed E-state index contributed by atoms with van der Waals surface area (Å²) in [5.41, 5.74) is 0. The van der Waals surface area contributed by atoms with Crippen molar-refractivity contribution in [3.8, 4) is 0 Å². The molecule has 1 saturated carbocycles. The number of carboxylic acids is 1. The lowest BCUT2D eigenvalue weighted by molar-refractivity contribution is -0.144. The van der Waals surface area contributed by atoms with Crippen molar-refractivity contribution in [2.45, 2.75) is 44.4 Å². The van der Waals surface area contributed by atoms with Crippen molar-refractivity contribution in [3.05, 3.63) is 0 Å². The van der Waals surface area contributed by atoms with E-state index in [4.69, 9.17) is 5.11 Å². The van der Waals surface area contributed by atoms with Gasteiger partial charge in [0.2, 0.25) is 6.17 Å². The standard InChI is InChI=1S/C10H16FNO2/c1-6-4-7(9(11)10(13)14)5-12(6)8-2-3-8/h6-9H,2-5H2,1H3,(H,13,14). The van der Waals surface area contributed by atoms with Gasteiger partial charge < -0.3 is 5.11 Å². The average Bonchev–Trinajstić information content (AvgIpc) is 2.89. The van der Waals surface area contributed by atoms with Crippen molar-refractivity contribution in [1.29, 1.82) is 0 Å². The van der Waals surface area contributed by atoms with Gasteiger partial charge >= 0.3 is 5.97 Å². The maximum absolute atomic E-state index is 13.2.